The van der Waals surface area contributed by atoms with Crippen molar-refractivity contribution in [2.24, 2.45) is 5.73 Å². The maximum atomic E-state index is 12.1. The van der Waals surface area contributed by atoms with Gasteiger partial charge in [0.1, 0.15) is 0 Å². The lowest BCUT2D eigenvalue weighted by Gasteiger charge is -2.34. The fraction of sp³-hybridized carbons (Fsp3) is 0.933. The number of nitrogens with two attached hydrogens (primary N) is 1. The molecule has 22 heavy (non-hydrogen) atoms. The minimum atomic E-state index is -0.0992. The van der Waals surface area contributed by atoms with Crippen LogP contribution in [0.4, 0.5) is 0 Å². The smallest absolute Gasteiger partial charge is 0.221 e. The molecular formula is C15H32Cl2N4O. The van der Waals surface area contributed by atoms with E-state index in [4.69, 9.17) is 5.73 Å². The Morgan fingerprint density at radius 2 is 1.64 bits per heavy atom. The molecule has 0 unspecified atom stereocenters. The summed E-state index contributed by atoms with van der Waals surface area (Å²) in [5, 5.41) is 3.20. The van der Waals surface area contributed by atoms with Gasteiger partial charge in [-0.15, -0.1) is 24.8 Å². The van der Waals surface area contributed by atoms with Gasteiger partial charge in [-0.05, 0) is 19.4 Å². The van der Waals surface area contributed by atoms with E-state index >= 15 is 0 Å². The molecule has 0 aromatic heterocycles. The zero-order valence-corrected chi connectivity index (χ0v) is 15.3. The Morgan fingerprint density at radius 1 is 1.09 bits per heavy atom. The monoisotopic (exact) mass is 354 g/mol. The minimum absolute atomic E-state index is 0. The predicted molar refractivity (Wildman–Crippen MR) is 96.1 cm³/mol. The molecule has 2 aliphatic rings. The first-order valence-electron chi connectivity index (χ1n) is 8.13. The Bertz CT molecular complexity index is 317. The molecule has 3 N–H and O–H groups in total. The normalized spacial score (nSPS) is 21.7. The lowest BCUT2D eigenvalue weighted by atomic mass is 9.97. The molecule has 0 aromatic carbocycles. The quantitative estimate of drug-likeness (QED) is 0.753. The van der Waals surface area contributed by atoms with Crippen molar-refractivity contribution in [2.75, 3.05) is 45.8 Å². The first kappa shape index (κ1) is 21.9. The molecule has 1 amide bonds. The van der Waals surface area contributed by atoms with Crippen LogP contribution in [-0.4, -0.2) is 67.1 Å². The second-order valence-corrected chi connectivity index (χ2v) is 6.27. The SMILES string of the molecule is CCN1CCN(CCC(=O)NC2(CN)CCCC2)CC1.Cl.Cl. The second kappa shape index (κ2) is 10.7. The third-order valence-electron chi connectivity index (χ3n) is 4.92. The van der Waals surface area contributed by atoms with Gasteiger partial charge >= 0.3 is 0 Å². The summed E-state index contributed by atoms with van der Waals surface area (Å²) in [5.74, 6) is 0.176. The van der Waals surface area contributed by atoms with Gasteiger partial charge in [0.15, 0.2) is 0 Å². The molecule has 1 aliphatic heterocycles. The number of carbonyl (C=O) groups excluding carboxylic acids is 1. The molecule has 1 saturated heterocycles. The van der Waals surface area contributed by atoms with E-state index in [9.17, 15) is 4.79 Å². The predicted octanol–water partition coefficient (Wildman–Crippen LogP) is 1.25. The second-order valence-electron chi connectivity index (χ2n) is 6.27. The summed E-state index contributed by atoms with van der Waals surface area (Å²) in [6.07, 6.45) is 5.08. The summed E-state index contributed by atoms with van der Waals surface area (Å²) < 4.78 is 0. The molecule has 1 heterocycles. The number of amides is 1. The molecule has 0 radical (unpaired) electrons. The molecule has 0 aromatic rings. The van der Waals surface area contributed by atoms with E-state index in [1.807, 2.05) is 0 Å². The highest BCUT2D eigenvalue weighted by Crippen LogP contribution is 2.28. The van der Waals surface area contributed by atoms with Crippen LogP contribution in [0.1, 0.15) is 39.0 Å². The number of likely N-dealkylation sites (N-methyl/N-ethyl adjacent to an activating group) is 1. The average Bonchev–Trinajstić information content (AvgIpc) is 2.95. The first-order valence-corrected chi connectivity index (χ1v) is 8.13. The van der Waals surface area contributed by atoms with E-state index in [0.717, 1.165) is 52.1 Å². The lowest BCUT2D eigenvalue weighted by Crippen LogP contribution is -2.52. The van der Waals surface area contributed by atoms with Gasteiger partial charge in [-0.1, -0.05) is 19.8 Å². The molecule has 132 valence electrons. The lowest BCUT2D eigenvalue weighted by molar-refractivity contribution is -0.123. The molecule has 0 atom stereocenters. The third kappa shape index (κ3) is 6.20. The van der Waals surface area contributed by atoms with Crippen molar-refractivity contribution in [3.05, 3.63) is 0 Å². The van der Waals surface area contributed by atoms with Gasteiger partial charge in [-0.3, -0.25) is 4.79 Å². The van der Waals surface area contributed by atoms with Crippen molar-refractivity contribution in [2.45, 2.75) is 44.6 Å². The van der Waals surface area contributed by atoms with E-state index in [2.05, 4.69) is 22.0 Å². The Balaban J connectivity index is 0.00000220. The van der Waals surface area contributed by atoms with Gasteiger partial charge in [-0.2, -0.15) is 0 Å². The highest BCUT2D eigenvalue weighted by Gasteiger charge is 2.33. The van der Waals surface area contributed by atoms with Crippen LogP contribution in [0.3, 0.4) is 0 Å². The molecule has 2 fully saturated rings. The maximum Gasteiger partial charge on any atom is 0.221 e. The van der Waals surface area contributed by atoms with Gasteiger partial charge in [-0.25, -0.2) is 0 Å². The summed E-state index contributed by atoms with van der Waals surface area (Å²) in [7, 11) is 0. The first-order chi connectivity index (χ1) is 9.67. The summed E-state index contributed by atoms with van der Waals surface area (Å²) in [6.45, 7) is 9.23. The van der Waals surface area contributed by atoms with Crippen LogP contribution in [-0.2, 0) is 4.79 Å². The number of halogens is 2. The fourth-order valence-corrected chi connectivity index (χ4v) is 3.38. The molecule has 1 saturated carbocycles. The number of nitrogens with zero attached hydrogens (tertiary/aromatic N) is 2. The van der Waals surface area contributed by atoms with Crippen LogP contribution in [0, 0.1) is 0 Å². The largest absolute Gasteiger partial charge is 0.349 e. The van der Waals surface area contributed by atoms with Crippen molar-refractivity contribution in [3.8, 4) is 0 Å². The van der Waals surface area contributed by atoms with Crippen molar-refractivity contribution in [3.63, 3.8) is 0 Å². The summed E-state index contributed by atoms with van der Waals surface area (Å²) >= 11 is 0. The average molecular weight is 355 g/mol. The van der Waals surface area contributed by atoms with Crippen molar-refractivity contribution in [1.82, 2.24) is 15.1 Å². The molecule has 0 spiro atoms. The number of nitrogens with one attached hydrogen (secondary N) is 1. The van der Waals surface area contributed by atoms with Crippen LogP contribution in [0.15, 0.2) is 0 Å². The highest BCUT2D eigenvalue weighted by atomic mass is 35.5. The van der Waals surface area contributed by atoms with Gasteiger partial charge in [0, 0.05) is 45.7 Å². The Morgan fingerprint density at radius 3 is 2.14 bits per heavy atom. The van der Waals surface area contributed by atoms with Gasteiger partial charge in [0.05, 0.1) is 5.54 Å². The highest BCUT2D eigenvalue weighted by molar-refractivity contribution is 5.85. The van der Waals surface area contributed by atoms with E-state index in [1.54, 1.807) is 0 Å². The van der Waals surface area contributed by atoms with Gasteiger partial charge < -0.3 is 20.9 Å². The van der Waals surface area contributed by atoms with Crippen LogP contribution in [0.2, 0.25) is 0 Å². The summed E-state index contributed by atoms with van der Waals surface area (Å²) in [4.78, 5) is 17.0. The van der Waals surface area contributed by atoms with Gasteiger partial charge in [0.25, 0.3) is 0 Å². The number of piperazine rings is 1. The zero-order valence-electron chi connectivity index (χ0n) is 13.7. The van der Waals surface area contributed by atoms with Crippen molar-refractivity contribution >= 4 is 30.7 Å². The van der Waals surface area contributed by atoms with Crippen LogP contribution >= 0.6 is 24.8 Å². The molecule has 5 nitrogen and oxygen atoms in total. The third-order valence-corrected chi connectivity index (χ3v) is 4.92. The maximum absolute atomic E-state index is 12.1. The standard InChI is InChI=1S/C15H30N4O.2ClH/c1-2-18-9-11-19(12-10-18)8-5-14(20)17-15(13-16)6-3-4-7-15;;/h2-13,16H2,1H3,(H,17,20);2*1H. The fourth-order valence-electron chi connectivity index (χ4n) is 3.38. The Labute approximate surface area is 147 Å². The van der Waals surface area contributed by atoms with E-state index in [1.165, 1.54) is 12.8 Å². The molecule has 2 rings (SSSR count). The number of carbonyl (C=O) groups is 1. The van der Waals surface area contributed by atoms with Crippen molar-refractivity contribution < 1.29 is 4.79 Å². The van der Waals surface area contributed by atoms with E-state index < -0.39 is 0 Å². The van der Waals surface area contributed by atoms with E-state index in [-0.39, 0.29) is 36.3 Å². The summed E-state index contributed by atoms with van der Waals surface area (Å²) in [6, 6.07) is 0. The topological polar surface area (TPSA) is 61.6 Å². The van der Waals surface area contributed by atoms with Crippen molar-refractivity contribution in [1.29, 1.82) is 0 Å². The molecule has 0 bridgehead atoms. The molecule has 7 heteroatoms. The van der Waals surface area contributed by atoms with Crippen LogP contribution < -0.4 is 11.1 Å². The minimum Gasteiger partial charge on any atom is -0.349 e. The van der Waals surface area contributed by atoms with Gasteiger partial charge in [0.2, 0.25) is 5.91 Å². The molecular weight excluding hydrogens is 323 g/mol. The summed E-state index contributed by atoms with van der Waals surface area (Å²) in [5.41, 5.74) is 5.76. The number of rotatable bonds is 6. The van der Waals surface area contributed by atoms with Crippen LogP contribution in [0.25, 0.3) is 0 Å². The zero-order chi connectivity index (χ0) is 14.4. The Hall–Kier alpha value is -0.0700. The van der Waals surface area contributed by atoms with E-state index in [0.29, 0.717) is 13.0 Å². The van der Waals surface area contributed by atoms with Crippen LogP contribution in [0.5, 0.6) is 0 Å². The Kier molecular flexibility index (Phi) is 10.6. The molecule has 1 aliphatic carbocycles. The number of hydrogen-bond acceptors (Lipinski definition) is 4. The number of hydrogen-bond donors (Lipinski definition) is 2.